The lowest BCUT2D eigenvalue weighted by atomic mass is 9.71. The summed E-state index contributed by atoms with van der Waals surface area (Å²) in [5.74, 6) is 0.206. The zero-order valence-electron chi connectivity index (χ0n) is 9.26. The summed E-state index contributed by atoms with van der Waals surface area (Å²) in [6.07, 6.45) is 5.95. The Kier molecular flexibility index (Phi) is 2.42. The molecule has 1 N–H and O–H groups in total. The van der Waals surface area contributed by atoms with Crippen molar-refractivity contribution in [3.05, 3.63) is 23.8 Å². The molecule has 74 valence electrons. The maximum Gasteiger partial charge on any atom is 0.0865 e. The van der Waals surface area contributed by atoms with E-state index in [9.17, 15) is 5.11 Å². The number of aliphatic hydroxyl groups is 1. The van der Waals surface area contributed by atoms with E-state index in [-0.39, 0.29) is 11.3 Å². The monoisotopic (exact) mass is 180 g/mol. The largest absolute Gasteiger partial charge is 0.385 e. The molecular weight excluding hydrogens is 160 g/mol. The summed E-state index contributed by atoms with van der Waals surface area (Å²) in [4.78, 5) is 0. The first-order valence-electron chi connectivity index (χ1n) is 4.87. The maximum absolute atomic E-state index is 10.0. The Hall–Kier alpha value is -0.560. The summed E-state index contributed by atoms with van der Waals surface area (Å²) in [7, 11) is 0. The molecule has 0 amide bonds. The molecular formula is C12H20O. The van der Waals surface area contributed by atoms with Gasteiger partial charge in [-0.3, -0.25) is 0 Å². The highest BCUT2D eigenvalue weighted by Gasteiger charge is 2.34. The fraction of sp³-hybridized carbons (Fsp3) is 0.667. The molecule has 0 aromatic heterocycles. The van der Waals surface area contributed by atoms with Crippen LogP contribution in [0.3, 0.4) is 0 Å². The third-order valence-electron chi connectivity index (χ3n) is 2.92. The fourth-order valence-corrected chi connectivity index (χ4v) is 1.85. The first-order valence-corrected chi connectivity index (χ1v) is 4.87. The van der Waals surface area contributed by atoms with Gasteiger partial charge in [0.05, 0.1) is 5.60 Å². The molecule has 1 aliphatic carbocycles. The van der Waals surface area contributed by atoms with E-state index in [4.69, 9.17) is 0 Å². The van der Waals surface area contributed by atoms with E-state index in [1.165, 1.54) is 5.57 Å². The van der Waals surface area contributed by atoms with Gasteiger partial charge in [-0.05, 0) is 12.3 Å². The summed E-state index contributed by atoms with van der Waals surface area (Å²) in [5.41, 5.74) is 0.783. The van der Waals surface area contributed by atoms with Crippen LogP contribution in [-0.4, -0.2) is 10.7 Å². The first kappa shape index (κ1) is 10.5. The SMILES string of the molecule is CC1C(C(C)(C)C)=CC=CC1(C)O. The van der Waals surface area contributed by atoms with Gasteiger partial charge in [0.2, 0.25) is 0 Å². The van der Waals surface area contributed by atoms with Gasteiger partial charge < -0.3 is 5.11 Å². The highest BCUT2D eigenvalue weighted by atomic mass is 16.3. The molecule has 0 radical (unpaired) electrons. The van der Waals surface area contributed by atoms with E-state index >= 15 is 0 Å². The molecule has 1 rings (SSSR count). The van der Waals surface area contributed by atoms with Crippen molar-refractivity contribution in [2.45, 2.75) is 40.2 Å². The van der Waals surface area contributed by atoms with Crippen LogP contribution in [0.5, 0.6) is 0 Å². The third-order valence-corrected chi connectivity index (χ3v) is 2.92. The molecule has 13 heavy (non-hydrogen) atoms. The van der Waals surface area contributed by atoms with E-state index < -0.39 is 5.60 Å². The Balaban J connectivity index is 3.02. The molecule has 0 saturated heterocycles. The molecule has 0 aliphatic heterocycles. The van der Waals surface area contributed by atoms with E-state index in [1.807, 2.05) is 19.1 Å². The van der Waals surface area contributed by atoms with E-state index in [1.54, 1.807) is 0 Å². The second kappa shape index (κ2) is 2.98. The first-order chi connectivity index (χ1) is 5.75. The lowest BCUT2D eigenvalue weighted by Crippen LogP contribution is -2.36. The Morgan fingerprint density at radius 3 is 2.31 bits per heavy atom. The number of rotatable bonds is 0. The van der Waals surface area contributed by atoms with Crippen LogP contribution in [0.1, 0.15) is 34.6 Å². The van der Waals surface area contributed by atoms with E-state index in [2.05, 4.69) is 33.8 Å². The van der Waals surface area contributed by atoms with Crippen molar-refractivity contribution in [1.29, 1.82) is 0 Å². The van der Waals surface area contributed by atoms with Gasteiger partial charge in [0, 0.05) is 5.92 Å². The topological polar surface area (TPSA) is 20.2 Å². The molecule has 0 heterocycles. The van der Waals surface area contributed by atoms with Gasteiger partial charge in [-0.15, -0.1) is 0 Å². The lowest BCUT2D eigenvalue weighted by Gasteiger charge is -2.38. The molecule has 1 heteroatoms. The number of hydrogen-bond acceptors (Lipinski definition) is 1. The molecule has 0 fully saturated rings. The fourth-order valence-electron chi connectivity index (χ4n) is 1.85. The van der Waals surface area contributed by atoms with Gasteiger partial charge in [0.1, 0.15) is 0 Å². The Labute approximate surface area is 81.2 Å². The van der Waals surface area contributed by atoms with Crippen molar-refractivity contribution in [3.8, 4) is 0 Å². The minimum absolute atomic E-state index is 0.147. The normalized spacial score (nSPS) is 34.6. The zero-order chi connectivity index (χ0) is 10.3. The second-order valence-corrected chi connectivity index (χ2v) is 5.18. The second-order valence-electron chi connectivity index (χ2n) is 5.18. The van der Waals surface area contributed by atoms with Crippen LogP contribution in [0, 0.1) is 11.3 Å². The Morgan fingerprint density at radius 2 is 1.92 bits per heavy atom. The van der Waals surface area contributed by atoms with Crippen LogP contribution in [0.4, 0.5) is 0 Å². The number of allylic oxidation sites excluding steroid dienone is 2. The molecule has 2 atom stereocenters. The van der Waals surface area contributed by atoms with Crippen LogP contribution < -0.4 is 0 Å². The molecule has 1 nitrogen and oxygen atoms in total. The highest BCUT2D eigenvalue weighted by Crippen LogP contribution is 2.39. The smallest absolute Gasteiger partial charge is 0.0865 e. The Morgan fingerprint density at radius 1 is 1.38 bits per heavy atom. The summed E-state index contributed by atoms with van der Waals surface area (Å²) in [6.45, 7) is 10.5. The molecule has 0 aromatic carbocycles. The molecule has 0 spiro atoms. The van der Waals surface area contributed by atoms with Crippen LogP contribution in [0.2, 0.25) is 0 Å². The van der Waals surface area contributed by atoms with Crippen molar-refractivity contribution in [2.24, 2.45) is 11.3 Å². The summed E-state index contributed by atoms with van der Waals surface area (Å²) < 4.78 is 0. The molecule has 0 saturated carbocycles. The average molecular weight is 180 g/mol. The number of hydrogen-bond donors (Lipinski definition) is 1. The molecule has 0 aromatic rings. The quantitative estimate of drug-likeness (QED) is 0.607. The minimum atomic E-state index is -0.683. The van der Waals surface area contributed by atoms with Gasteiger partial charge in [0.25, 0.3) is 0 Å². The van der Waals surface area contributed by atoms with Gasteiger partial charge in [0.15, 0.2) is 0 Å². The van der Waals surface area contributed by atoms with Gasteiger partial charge in [-0.1, -0.05) is 51.5 Å². The zero-order valence-corrected chi connectivity index (χ0v) is 9.26. The van der Waals surface area contributed by atoms with Gasteiger partial charge in [-0.25, -0.2) is 0 Å². The maximum atomic E-state index is 10.0. The van der Waals surface area contributed by atoms with Crippen LogP contribution in [0.15, 0.2) is 23.8 Å². The predicted molar refractivity (Wildman–Crippen MR) is 56.5 cm³/mol. The molecule has 2 unspecified atom stereocenters. The summed E-state index contributed by atoms with van der Waals surface area (Å²) in [5, 5.41) is 10.0. The standard InChI is InChI=1S/C12H20O/c1-9-10(11(2,3)4)7-6-8-12(9,5)13/h6-9,13H,1-5H3. The minimum Gasteiger partial charge on any atom is -0.385 e. The van der Waals surface area contributed by atoms with Crippen molar-refractivity contribution in [2.75, 3.05) is 0 Å². The molecule has 1 aliphatic rings. The lowest BCUT2D eigenvalue weighted by molar-refractivity contribution is 0.0601. The summed E-state index contributed by atoms with van der Waals surface area (Å²) in [6, 6.07) is 0. The molecule has 0 bridgehead atoms. The van der Waals surface area contributed by atoms with E-state index in [0.717, 1.165) is 0 Å². The van der Waals surface area contributed by atoms with Crippen molar-refractivity contribution in [1.82, 2.24) is 0 Å². The van der Waals surface area contributed by atoms with Crippen molar-refractivity contribution in [3.63, 3.8) is 0 Å². The predicted octanol–water partition coefficient (Wildman–Crippen LogP) is 2.92. The van der Waals surface area contributed by atoms with Crippen LogP contribution in [-0.2, 0) is 0 Å². The van der Waals surface area contributed by atoms with Crippen LogP contribution in [0.25, 0.3) is 0 Å². The van der Waals surface area contributed by atoms with E-state index in [0.29, 0.717) is 0 Å². The van der Waals surface area contributed by atoms with Gasteiger partial charge >= 0.3 is 0 Å². The van der Waals surface area contributed by atoms with Crippen molar-refractivity contribution >= 4 is 0 Å². The third kappa shape index (κ3) is 2.02. The Bertz CT molecular complexity index is 251. The summed E-state index contributed by atoms with van der Waals surface area (Å²) >= 11 is 0. The van der Waals surface area contributed by atoms with Crippen LogP contribution >= 0.6 is 0 Å². The average Bonchev–Trinajstić information content (AvgIpc) is 1.92. The highest BCUT2D eigenvalue weighted by molar-refractivity contribution is 5.30. The van der Waals surface area contributed by atoms with Crippen molar-refractivity contribution < 1.29 is 5.11 Å². The van der Waals surface area contributed by atoms with Gasteiger partial charge in [-0.2, -0.15) is 0 Å².